The van der Waals surface area contributed by atoms with Gasteiger partial charge in [-0.25, -0.2) is 0 Å². The van der Waals surface area contributed by atoms with Crippen molar-refractivity contribution in [3.05, 3.63) is 45.6 Å². The highest BCUT2D eigenvalue weighted by molar-refractivity contribution is 7.14. The van der Waals surface area contributed by atoms with Gasteiger partial charge in [-0.15, -0.1) is 17.8 Å². The first-order valence-electron chi connectivity index (χ1n) is 10.5. The second-order valence-corrected chi connectivity index (χ2v) is 9.34. The molecule has 2 aliphatic heterocycles. The number of hydrogen-bond donors (Lipinski definition) is 2. The number of ether oxygens (including phenoxy) is 1. The van der Waals surface area contributed by atoms with Gasteiger partial charge < -0.3 is 20.3 Å². The van der Waals surface area contributed by atoms with Crippen LogP contribution in [0.3, 0.4) is 0 Å². The van der Waals surface area contributed by atoms with Crippen LogP contribution in [0.2, 0.25) is 0 Å². The summed E-state index contributed by atoms with van der Waals surface area (Å²) in [4.78, 5) is 41.1. The topological polar surface area (TPSA) is 87.7 Å². The molecule has 0 bridgehead atoms. The fourth-order valence-electron chi connectivity index (χ4n) is 4.17. The van der Waals surface area contributed by atoms with Crippen molar-refractivity contribution in [2.75, 3.05) is 23.4 Å². The van der Waals surface area contributed by atoms with E-state index in [1.165, 1.54) is 11.3 Å². The van der Waals surface area contributed by atoms with Crippen molar-refractivity contribution in [1.82, 2.24) is 5.32 Å². The van der Waals surface area contributed by atoms with E-state index >= 15 is 0 Å². The maximum Gasteiger partial charge on any atom is 0.262 e. The smallest absolute Gasteiger partial charge is 0.262 e. The standard InChI is InChI=1S/C24H25N3O4S/c1-4-18-7-9-20(32-18)22(29)26-24(11-12-31-14-24)23(30)25-17-6-8-19(15(2)13-17)27-16(3)5-10-21(27)28/h1,6-9,13,16H,5,10-12,14H2,2-3H3,(H,25,30)(H,26,29). The summed E-state index contributed by atoms with van der Waals surface area (Å²) in [6, 6.07) is 8.99. The Bertz CT molecular complexity index is 1110. The Morgan fingerprint density at radius 3 is 2.72 bits per heavy atom. The molecular formula is C24H25N3O4S. The van der Waals surface area contributed by atoms with Crippen LogP contribution in [0.5, 0.6) is 0 Å². The zero-order valence-electron chi connectivity index (χ0n) is 18.1. The molecule has 2 aliphatic rings. The number of anilines is 2. The number of amides is 3. The third-order valence-corrected chi connectivity index (χ3v) is 7.00. The number of hydrogen-bond acceptors (Lipinski definition) is 5. The predicted octanol–water partition coefficient (Wildman–Crippen LogP) is 3.08. The molecule has 0 saturated carbocycles. The lowest BCUT2D eigenvalue weighted by Gasteiger charge is -2.28. The van der Waals surface area contributed by atoms with E-state index < -0.39 is 5.54 Å². The van der Waals surface area contributed by atoms with E-state index in [4.69, 9.17) is 11.2 Å². The van der Waals surface area contributed by atoms with Gasteiger partial charge in [0.15, 0.2) is 0 Å². The molecule has 0 radical (unpaired) electrons. The van der Waals surface area contributed by atoms with Crippen molar-refractivity contribution in [3.63, 3.8) is 0 Å². The largest absolute Gasteiger partial charge is 0.378 e. The first-order valence-corrected chi connectivity index (χ1v) is 11.4. The van der Waals surface area contributed by atoms with Crippen molar-refractivity contribution in [2.24, 2.45) is 0 Å². The van der Waals surface area contributed by atoms with Gasteiger partial charge >= 0.3 is 0 Å². The molecular weight excluding hydrogens is 426 g/mol. The van der Waals surface area contributed by atoms with Gasteiger partial charge in [0, 0.05) is 36.9 Å². The van der Waals surface area contributed by atoms with Crippen LogP contribution in [-0.4, -0.2) is 42.5 Å². The minimum absolute atomic E-state index is 0.0921. The Hall–Kier alpha value is -3.15. The summed E-state index contributed by atoms with van der Waals surface area (Å²) in [6.45, 7) is 4.42. The number of aryl methyl sites for hydroxylation is 1. The normalized spacial score (nSPS) is 22.6. The molecule has 8 heteroatoms. The van der Waals surface area contributed by atoms with Crippen molar-refractivity contribution in [3.8, 4) is 12.3 Å². The second kappa shape index (κ2) is 8.77. The van der Waals surface area contributed by atoms with Gasteiger partial charge in [0.05, 0.1) is 16.4 Å². The molecule has 32 heavy (non-hydrogen) atoms. The van der Waals surface area contributed by atoms with Gasteiger partial charge in [-0.2, -0.15) is 0 Å². The summed E-state index contributed by atoms with van der Waals surface area (Å²) in [6.07, 6.45) is 7.15. The van der Waals surface area contributed by atoms with Gasteiger partial charge in [-0.1, -0.05) is 5.92 Å². The van der Waals surface area contributed by atoms with Crippen LogP contribution in [0.4, 0.5) is 11.4 Å². The highest BCUT2D eigenvalue weighted by Crippen LogP contribution is 2.31. The molecule has 2 aromatic rings. The summed E-state index contributed by atoms with van der Waals surface area (Å²) in [7, 11) is 0. The molecule has 166 valence electrons. The van der Waals surface area contributed by atoms with Crippen LogP contribution in [0.15, 0.2) is 30.3 Å². The van der Waals surface area contributed by atoms with Gasteiger partial charge in [0.2, 0.25) is 5.91 Å². The van der Waals surface area contributed by atoms with E-state index in [0.717, 1.165) is 17.7 Å². The van der Waals surface area contributed by atoms with Crippen molar-refractivity contribution in [2.45, 2.75) is 44.7 Å². The zero-order chi connectivity index (χ0) is 22.9. The summed E-state index contributed by atoms with van der Waals surface area (Å²) in [5.74, 6) is 1.93. The Morgan fingerprint density at radius 1 is 1.31 bits per heavy atom. The van der Waals surface area contributed by atoms with E-state index in [2.05, 4.69) is 16.6 Å². The second-order valence-electron chi connectivity index (χ2n) is 8.25. The molecule has 2 atom stereocenters. The molecule has 1 aromatic carbocycles. The Balaban J connectivity index is 1.51. The van der Waals surface area contributed by atoms with E-state index in [1.54, 1.807) is 18.2 Å². The summed E-state index contributed by atoms with van der Waals surface area (Å²) >= 11 is 1.20. The zero-order valence-corrected chi connectivity index (χ0v) is 18.9. The van der Waals surface area contributed by atoms with Crippen LogP contribution >= 0.6 is 11.3 Å². The van der Waals surface area contributed by atoms with Gasteiger partial charge in [0.25, 0.3) is 11.8 Å². The molecule has 7 nitrogen and oxygen atoms in total. The lowest BCUT2D eigenvalue weighted by Crippen LogP contribution is -2.57. The quantitative estimate of drug-likeness (QED) is 0.684. The molecule has 3 heterocycles. The first kappa shape index (κ1) is 22.1. The maximum absolute atomic E-state index is 13.2. The highest BCUT2D eigenvalue weighted by Gasteiger charge is 2.44. The van der Waals surface area contributed by atoms with Gasteiger partial charge in [-0.3, -0.25) is 14.4 Å². The Morgan fingerprint density at radius 2 is 2.12 bits per heavy atom. The lowest BCUT2D eigenvalue weighted by molar-refractivity contribution is -0.122. The van der Waals surface area contributed by atoms with Gasteiger partial charge in [-0.05, 0) is 56.2 Å². The van der Waals surface area contributed by atoms with Crippen molar-refractivity contribution < 1.29 is 19.1 Å². The van der Waals surface area contributed by atoms with Gasteiger partial charge in [0.1, 0.15) is 5.54 Å². The third kappa shape index (κ3) is 4.14. The van der Waals surface area contributed by atoms with Crippen LogP contribution in [0.25, 0.3) is 0 Å². The Labute approximate surface area is 191 Å². The predicted molar refractivity (Wildman–Crippen MR) is 124 cm³/mol. The fraction of sp³-hybridized carbons (Fsp3) is 0.375. The first-order chi connectivity index (χ1) is 15.3. The van der Waals surface area contributed by atoms with E-state index in [0.29, 0.717) is 34.9 Å². The summed E-state index contributed by atoms with van der Waals surface area (Å²) in [5.41, 5.74) is 1.18. The summed E-state index contributed by atoms with van der Waals surface area (Å²) < 4.78 is 5.47. The minimum atomic E-state index is -1.16. The third-order valence-electron chi connectivity index (χ3n) is 5.98. The molecule has 2 unspecified atom stereocenters. The number of carbonyl (C=O) groups is 3. The van der Waals surface area contributed by atoms with E-state index in [-0.39, 0.29) is 30.4 Å². The number of nitrogens with zero attached hydrogens (tertiary/aromatic N) is 1. The molecule has 0 aliphatic carbocycles. The lowest BCUT2D eigenvalue weighted by atomic mass is 9.96. The van der Waals surface area contributed by atoms with Crippen LogP contribution in [0, 0.1) is 19.3 Å². The molecule has 2 fully saturated rings. The number of carbonyl (C=O) groups excluding carboxylic acids is 3. The van der Waals surface area contributed by atoms with Crippen LogP contribution < -0.4 is 15.5 Å². The highest BCUT2D eigenvalue weighted by atomic mass is 32.1. The number of thiophene rings is 1. The monoisotopic (exact) mass is 451 g/mol. The number of benzene rings is 1. The average Bonchev–Trinajstić information content (AvgIpc) is 3.50. The molecule has 0 spiro atoms. The number of nitrogens with one attached hydrogen (secondary N) is 2. The van der Waals surface area contributed by atoms with Crippen LogP contribution in [0.1, 0.15) is 46.3 Å². The molecule has 3 amide bonds. The van der Waals surface area contributed by atoms with Crippen molar-refractivity contribution in [1.29, 1.82) is 0 Å². The number of terminal acetylenes is 1. The minimum Gasteiger partial charge on any atom is -0.378 e. The molecule has 2 N–H and O–H groups in total. The molecule has 2 saturated heterocycles. The van der Waals surface area contributed by atoms with E-state index in [9.17, 15) is 14.4 Å². The van der Waals surface area contributed by atoms with E-state index in [1.807, 2.05) is 30.9 Å². The SMILES string of the molecule is C#Cc1ccc(C(=O)NC2(C(=O)Nc3ccc(N4C(=O)CCC4C)c(C)c3)CCOC2)s1. The maximum atomic E-state index is 13.2. The number of rotatable bonds is 5. The Kier molecular flexibility index (Phi) is 6.04. The molecule has 1 aromatic heterocycles. The average molecular weight is 452 g/mol. The summed E-state index contributed by atoms with van der Waals surface area (Å²) in [5, 5.41) is 5.77. The van der Waals surface area contributed by atoms with Crippen LogP contribution in [-0.2, 0) is 14.3 Å². The molecule has 4 rings (SSSR count). The van der Waals surface area contributed by atoms with Crippen molar-refractivity contribution >= 4 is 40.4 Å². The fourth-order valence-corrected chi connectivity index (χ4v) is 4.88.